The number of benzene rings is 2. The van der Waals surface area contributed by atoms with Gasteiger partial charge in [-0.25, -0.2) is 0 Å². The third kappa shape index (κ3) is 4.81. The van der Waals surface area contributed by atoms with Crippen LogP contribution in [-0.2, 0) is 4.79 Å². The first-order valence-corrected chi connectivity index (χ1v) is 7.22. The SMILES string of the molecule is Cc1cc(Cl)ccc1NC(=O)COc1cc(Cl)cc(Cl)c1. The standard InChI is InChI=1S/C15H12Cl3NO2/c1-9-4-10(16)2-3-14(9)19-15(20)8-21-13-6-11(17)5-12(18)7-13/h2-7H,8H2,1H3,(H,19,20). The number of rotatable bonds is 4. The Morgan fingerprint density at radius 3 is 2.33 bits per heavy atom. The molecule has 0 bridgehead atoms. The smallest absolute Gasteiger partial charge is 0.262 e. The third-order valence-corrected chi connectivity index (χ3v) is 3.34. The summed E-state index contributed by atoms with van der Waals surface area (Å²) < 4.78 is 5.36. The number of nitrogens with one attached hydrogen (secondary N) is 1. The molecule has 0 heterocycles. The summed E-state index contributed by atoms with van der Waals surface area (Å²) >= 11 is 17.6. The van der Waals surface area contributed by atoms with Crippen molar-refractivity contribution in [3.63, 3.8) is 0 Å². The van der Waals surface area contributed by atoms with Crippen molar-refractivity contribution in [3.8, 4) is 5.75 Å². The monoisotopic (exact) mass is 343 g/mol. The lowest BCUT2D eigenvalue weighted by Gasteiger charge is -2.10. The van der Waals surface area contributed by atoms with Crippen LogP contribution in [-0.4, -0.2) is 12.5 Å². The van der Waals surface area contributed by atoms with E-state index >= 15 is 0 Å². The van der Waals surface area contributed by atoms with E-state index in [1.54, 1.807) is 36.4 Å². The van der Waals surface area contributed by atoms with Crippen LogP contribution in [0.25, 0.3) is 0 Å². The van der Waals surface area contributed by atoms with Gasteiger partial charge in [0.2, 0.25) is 0 Å². The Kier molecular flexibility index (Phi) is 5.34. The molecular weight excluding hydrogens is 333 g/mol. The zero-order chi connectivity index (χ0) is 15.4. The van der Waals surface area contributed by atoms with E-state index < -0.39 is 0 Å². The van der Waals surface area contributed by atoms with Gasteiger partial charge in [0.25, 0.3) is 5.91 Å². The van der Waals surface area contributed by atoms with Crippen molar-refractivity contribution < 1.29 is 9.53 Å². The normalized spacial score (nSPS) is 10.3. The van der Waals surface area contributed by atoms with Gasteiger partial charge in [-0.3, -0.25) is 4.79 Å². The van der Waals surface area contributed by atoms with E-state index in [0.29, 0.717) is 26.5 Å². The summed E-state index contributed by atoms with van der Waals surface area (Å²) in [5.74, 6) is 0.159. The molecule has 0 saturated heterocycles. The molecule has 0 aliphatic rings. The van der Waals surface area contributed by atoms with E-state index in [1.165, 1.54) is 0 Å². The first-order valence-electron chi connectivity index (χ1n) is 6.09. The number of carbonyl (C=O) groups excluding carboxylic acids is 1. The molecule has 110 valence electrons. The number of halogens is 3. The van der Waals surface area contributed by atoms with Crippen molar-refractivity contribution in [2.75, 3.05) is 11.9 Å². The molecule has 0 aromatic heterocycles. The van der Waals surface area contributed by atoms with Gasteiger partial charge in [-0.1, -0.05) is 34.8 Å². The maximum Gasteiger partial charge on any atom is 0.262 e. The van der Waals surface area contributed by atoms with E-state index in [0.717, 1.165) is 5.56 Å². The summed E-state index contributed by atoms with van der Waals surface area (Å²) in [6, 6.07) is 10.00. The summed E-state index contributed by atoms with van der Waals surface area (Å²) in [6.07, 6.45) is 0. The molecule has 21 heavy (non-hydrogen) atoms. The first-order chi connectivity index (χ1) is 9.94. The molecule has 2 aromatic rings. The Bertz CT molecular complexity index is 654. The minimum atomic E-state index is -0.281. The maximum absolute atomic E-state index is 11.9. The number of hydrogen-bond acceptors (Lipinski definition) is 2. The predicted octanol–water partition coefficient (Wildman–Crippen LogP) is 4.97. The Balaban J connectivity index is 1.95. The van der Waals surface area contributed by atoms with Crippen LogP contribution in [0.3, 0.4) is 0 Å². The van der Waals surface area contributed by atoms with Crippen LogP contribution in [0.5, 0.6) is 5.75 Å². The lowest BCUT2D eigenvalue weighted by Crippen LogP contribution is -2.20. The Labute approximate surface area is 137 Å². The van der Waals surface area contributed by atoms with Gasteiger partial charge in [-0.05, 0) is 48.9 Å². The van der Waals surface area contributed by atoms with Crippen LogP contribution in [0, 0.1) is 6.92 Å². The minimum absolute atomic E-state index is 0.140. The van der Waals surface area contributed by atoms with Crippen LogP contribution in [0.1, 0.15) is 5.56 Å². The van der Waals surface area contributed by atoms with Gasteiger partial charge in [0.1, 0.15) is 5.75 Å². The molecule has 0 radical (unpaired) electrons. The third-order valence-electron chi connectivity index (χ3n) is 2.67. The second-order valence-corrected chi connectivity index (χ2v) is 5.71. The highest BCUT2D eigenvalue weighted by Gasteiger charge is 2.07. The van der Waals surface area contributed by atoms with Gasteiger partial charge in [-0.2, -0.15) is 0 Å². The summed E-state index contributed by atoms with van der Waals surface area (Å²) in [7, 11) is 0. The molecule has 2 aromatic carbocycles. The number of carbonyl (C=O) groups is 1. The highest BCUT2D eigenvalue weighted by atomic mass is 35.5. The number of ether oxygens (including phenoxy) is 1. The fourth-order valence-corrected chi connectivity index (χ4v) is 2.45. The van der Waals surface area contributed by atoms with Gasteiger partial charge in [0.05, 0.1) is 0 Å². The largest absolute Gasteiger partial charge is 0.484 e. The summed E-state index contributed by atoms with van der Waals surface area (Å²) in [6.45, 7) is 1.72. The topological polar surface area (TPSA) is 38.3 Å². The zero-order valence-electron chi connectivity index (χ0n) is 11.1. The fourth-order valence-electron chi connectivity index (χ4n) is 1.71. The van der Waals surface area contributed by atoms with E-state index in [9.17, 15) is 4.79 Å². The quantitative estimate of drug-likeness (QED) is 0.850. The average Bonchev–Trinajstić information content (AvgIpc) is 2.39. The van der Waals surface area contributed by atoms with Crippen molar-refractivity contribution in [2.45, 2.75) is 6.92 Å². The minimum Gasteiger partial charge on any atom is -0.484 e. The number of aryl methyl sites for hydroxylation is 1. The van der Waals surface area contributed by atoms with E-state index in [-0.39, 0.29) is 12.5 Å². The summed E-state index contributed by atoms with van der Waals surface area (Å²) in [5, 5.41) is 4.27. The van der Waals surface area contributed by atoms with Gasteiger partial charge in [0, 0.05) is 20.8 Å². The molecule has 3 nitrogen and oxygen atoms in total. The lowest BCUT2D eigenvalue weighted by molar-refractivity contribution is -0.118. The van der Waals surface area contributed by atoms with Crippen LogP contribution >= 0.6 is 34.8 Å². The second-order valence-electron chi connectivity index (χ2n) is 4.40. The second kappa shape index (κ2) is 7.03. The molecule has 0 spiro atoms. The zero-order valence-corrected chi connectivity index (χ0v) is 13.4. The van der Waals surface area contributed by atoms with Crippen molar-refractivity contribution in [1.82, 2.24) is 0 Å². The van der Waals surface area contributed by atoms with Crippen molar-refractivity contribution in [2.24, 2.45) is 0 Å². The lowest BCUT2D eigenvalue weighted by atomic mass is 10.2. The number of anilines is 1. The maximum atomic E-state index is 11.9. The Hall–Kier alpha value is -1.42. The molecule has 0 saturated carbocycles. The first kappa shape index (κ1) is 16.0. The highest BCUT2D eigenvalue weighted by Crippen LogP contribution is 2.24. The number of amides is 1. The molecule has 2 rings (SSSR count). The summed E-state index contributed by atoms with van der Waals surface area (Å²) in [4.78, 5) is 11.9. The Morgan fingerprint density at radius 1 is 1.05 bits per heavy atom. The molecule has 6 heteroatoms. The molecular formula is C15H12Cl3NO2. The van der Waals surface area contributed by atoms with Crippen molar-refractivity contribution in [1.29, 1.82) is 0 Å². The van der Waals surface area contributed by atoms with Crippen molar-refractivity contribution >= 4 is 46.4 Å². The van der Waals surface area contributed by atoms with E-state index in [4.69, 9.17) is 39.5 Å². The van der Waals surface area contributed by atoms with Crippen LogP contribution in [0.4, 0.5) is 5.69 Å². The van der Waals surface area contributed by atoms with Gasteiger partial charge in [0.15, 0.2) is 6.61 Å². The molecule has 1 N–H and O–H groups in total. The van der Waals surface area contributed by atoms with E-state index in [2.05, 4.69) is 5.32 Å². The molecule has 0 fully saturated rings. The molecule has 0 atom stereocenters. The van der Waals surface area contributed by atoms with E-state index in [1.807, 2.05) is 6.92 Å². The predicted molar refractivity (Wildman–Crippen MR) is 86.8 cm³/mol. The van der Waals surface area contributed by atoms with Crippen LogP contribution in [0.15, 0.2) is 36.4 Å². The van der Waals surface area contributed by atoms with Gasteiger partial charge >= 0.3 is 0 Å². The summed E-state index contributed by atoms with van der Waals surface area (Å²) in [5.41, 5.74) is 1.57. The van der Waals surface area contributed by atoms with Crippen LogP contribution in [0.2, 0.25) is 15.1 Å². The fraction of sp³-hybridized carbons (Fsp3) is 0.133. The highest BCUT2D eigenvalue weighted by molar-refractivity contribution is 6.34. The Morgan fingerprint density at radius 2 is 1.71 bits per heavy atom. The van der Waals surface area contributed by atoms with Gasteiger partial charge < -0.3 is 10.1 Å². The number of hydrogen-bond donors (Lipinski definition) is 1. The molecule has 1 amide bonds. The van der Waals surface area contributed by atoms with Crippen LogP contribution < -0.4 is 10.1 Å². The molecule has 0 unspecified atom stereocenters. The average molecular weight is 345 g/mol. The molecule has 0 aliphatic heterocycles. The van der Waals surface area contributed by atoms with Gasteiger partial charge in [-0.15, -0.1) is 0 Å². The molecule has 0 aliphatic carbocycles. The van der Waals surface area contributed by atoms with Crippen molar-refractivity contribution in [3.05, 3.63) is 57.0 Å².